The predicted molar refractivity (Wildman–Crippen MR) is 61.1 cm³/mol. The lowest BCUT2D eigenvalue weighted by atomic mass is 10.1. The van der Waals surface area contributed by atoms with Gasteiger partial charge in [0, 0.05) is 6.42 Å². The molecule has 94 valence electrons. The number of rotatable bonds is 1. The summed E-state index contributed by atoms with van der Waals surface area (Å²) in [6.45, 7) is 5.63. The first-order chi connectivity index (χ1) is 7.82. The van der Waals surface area contributed by atoms with Gasteiger partial charge in [0.25, 0.3) is 0 Å². The molecule has 0 saturated heterocycles. The summed E-state index contributed by atoms with van der Waals surface area (Å²) in [7, 11) is 0. The maximum absolute atomic E-state index is 12.2. The number of carbonyl (C=O) groups is 1. The van der Waals surface area contributed by atoms with Gasteiger partial charge in [0.05, 0.1) is 5.54 Å². The average molecular weight is 239 g/mol. The Kier molecular flexibility index (Phi) is 2.60. The number of carboxylic acid groups (broad SMARTS) is 1. The first-order valence-corrected chi connectivity index (χ1v) is 5.76. The molecule has 6 nitrogen and oxygen atoms in total. The minimum absolute atomic E-state index is 0.320. The third-order valence-corrected chi connectivity index (χ3v) is 2.99. The van der Waals surface area contributed by atoms with Gasteiger partial charge in [-0.15, -0.1) is 0 Å². The third kappa shape index (κ3) is 1.87. The van der Waals surface area contributed by atoms with Crippen LogP contribution in [0.5, 0.6) is 0 Å². The van der Waals surface area contributed by atoms with Gasteiger partial charge >= 0.3 is 11.7 Å². The molecule has 0 bridgehead atoms. The lowest BCUT2D eigenvalue weighted by Gasteiger charge is -2.19. The van der Waals surface area contributed by atoms with Crippen molar-refractivity contribution in [3.8, 4) is 0 Å². The van der Waals surface area contributed by atoms with Crippen molar-refractivity contribution in [2.24, 2.45) is 0 Å². The summed E-state index contributed by atoms with van der Waals surface area (Å²) in [5, 5.41) is 13.4. The Labute approximate surface area is 98.9 Å². The minimum Gasteiger partial charge on any atom is -0.480 e. The lowest BCUT2D eigenvalue weighted by molar-refractivity contribution is -0.141. The topological polar surface area (TPSA) is 77.1 Å². The number of aryl methyl sites for hydroxylation is 1. The van der Waals surface area contributed by atoms with Crippen molar-refractivity contribution in [2.45, 2.75) is 51.6 Å². The van der Waals surface area contributed by atoms with Crippen molar-refractivity contribution in [3.63, 3.8) is 0 Å². The lowest BCUT2D eigenvalue weighted by Crippen LogP contribution is -2.39. The molecule has 1 aliphatic rings. The van der Waals surface area contributed by atoms with Gasteiger partial charge in [0.15, 0.2) is 0 Å². The van der Waals surface area contributed by atoms with E-state index in [4.69, 9.17) is 5.11 Å². The second kappa shape index (κ2) is 3.72. The minimum atomic E-state index is -0.957. The first-order valence-electron chi connectivity index (χ1n) is 5.76. The van der Waals surface area contributed by atoms with Crippen molar-refractivity contribution in [1.82, 2.24) is 14.3 Å². The van der Waals surface area contributed by atoms with Crippen molar-refractivity contribution in [2.75, 3.05) is 0 Å². The molecule has 1 N–H and O–H groups in total. The van der Waals surface area contributed by atoms with E-state index < -0.39 is 17.6 Å². The normalized spacial score (nSPS) is 20.1. The van der Waals surface area contributed by atoms with Crippen molar-refractivity contribution in [1.29, 1.82) is 0 Å². The Morgan fingerprint density at radius 1 is 1.47 bits per heavy atom. The SMILES string of the molecule is CC(C)(C)n1nc2n(c1=O)[C@H](C(=O)O)CCC2. The van der Waals surface area contributed by atoms with Crippen LogP contribution in [-0.2, 0) is 16.8 Å². The number of hydrogen-bond donors (Lipinski definition) is 1. The number of aliphatic carboxylic acids is 1. The van der Waals surface area contributed by atoms with Gasteiger partial charge in [0.1, 0.15) is 11.9 Å². The van der Waals surface area contributed by atoms with E-state index in [1.54, 1.807) is 0 Å². The van der Waals surface area contributed by atoms with Crippen LogP contribution in [0.4, 0.5) is 0 Å². The van der Waals surface area contributed by atoms with Crippen LogP contribution in [0.3, 0.4) is 0 Å². The highest BCUT2D eigenvalue weighted by Crippen LogP contribution is 2.23. The summed E-state index contributed by atoms with van der Waals surface area (Å²) >= 11 is 0. The molecule has 0 spiro atoms. The van der Waals surface area contributed by atoms with Gasteiger partial charge in [-0.3, -0.25) is 4.57 Å². The van der Waals surface area contributed by atoms with Crippen LogP contribution in [0.25, 0.3) is 0 Å². The molecule has 0 fully saturated rings. The van der Waals surface area contributed by atoms with Gasteiger partial charge < -0.3 is 5.11 Å². The second-order valence-electron chi connectivity index (χ2n) is 5.40. The maximum atomic E-state index is 12.2. The molecule has 0 aliphatic carbocycles. The summed E-state index contributed by atoms with van der Waals surface area (Å²) in [6.07, 6.45) is 1.93. The highest BCUT2D eigenvalue weighted by molar-refractivity contribution is 5.72. The predicted octanol–water partition coefficient (Wildman–Crippen LogP) is 0.762. The van der Waals surface area contributed by atoms with Gasteiger partial charge in [-0.25, -0.2) is 14.3 Å². The molecule has 17 heavy (non-hydrogen) atoms. The molecular weight excluding hydrogens is 222 g/mol. The molecule has 1 atom stereocenters. The van der Waals surface area contributed by atoms with Gasteiger partial charge in [0.2, 0.25) is 0 Å². The summed E-state index contributed by atoms with van der Waals surface area (Å²) in [4.78, 5) is 23.3. The molecule has 1 aliphatic heterocycles. The van der Waals surface area contributed by atoms with E-state index in [9.17, 15) is 9.59 Å². The van der Waals surface area contributed by atoms with Crippen molar-refractivity contribution in [3.05, 3.63) is 16.3 Å². The fourth-order valence-electron chi connectivity index (χ4n) is 2.16. The van der Waals surface area contributed by atoms with Crippen LogP contribution >= 0.6 is 0 Å². The number of fused-ring (bicyclic) bond motifs is 1. The average Bonchev–Trinajstić information content (AvgIpc) is 2.55. The van der Waals surface area contributed by atoms with E-state index in [1.165, 1.54) is 9.25 Å². The molecule has 1 aromatic heterocycles. The van der Waals surface area contributed by atoms with Crippen molar-refractivity contribution >= 4 is 5.97 Å². The number of nitrogens with zero attached hydrogens (tertiary/aromatic N) is 3. The Hall–Kier alpha value is -1.59. The second-order valence-corrected chi connectivity index (χ2v) is 5.40. The molecule has 0 amide bonds. The fraction of sp³-hybridized carbons (Fsp3) is 0.727. The summed E-state index contributed by atoms with van der Waals surface area (Å²) in [5.41, 5.74) is -0.746. The zero-order chi connectivity index (χ0) is 12.8. The van der Waals surface area contributed by atoms with E-state index in [0.717, 1.165) is 6.42 Å². The molecule has 2 rings (SSSR count). The van der Waals surface area contributed by atoms with E-state index in [1.807, 2.05) is 20.8 Å². The molecule has 1 aromatic rings. The standard InChI is InChI=1S/C11H17N3O3/c1-11(2,3)14-10(17)13-7(9(15)16)5-4-6-8(13)12-14/h7H,4-6H2,1-3H3,(H,15,16)/t7-/m0/s1. The molecule has 2 heterocycles. The van der Waals surface area contributed by atoms with E-state index in [2.05, 4.69) is 5.10 Å². The summed E-state index contributed by atoms with van der Waals surface area (Å²) in [5.74, 6) is -0.370. The molecular formula is C11H17N3O3. The summed E-state index contributed by atoms with van der Waals surface area (Å²) < 4.78 is 2.71. The van der Waals surface area contributed by atoms with Crippen LogP contribution in [0.1, 0.15) is 45.5 Å². The Morgan fingerprint density at radius 3 is 2.65 bits per heavy atom. The van der Waals surface area contributed by atoms with Crippen LogP contribution < -0.4 is 5.69 Å². The largest absolute Gasteiger partial charge is 0.480 e. The van der Waals surface area contributed by atoms with Gasteiger partial charge in [-0.2, -0.15) is 5.10 Å². The quantitative estimate of drug-likeness (QED) is 0.785. The van der Waals surface area contributed by atoms with Crippen LogP contribution in [0, 0.1) is 0 Å². The number of aromatic nitrogens is 3. The van der Waals surface area contributed by atoms with E-state index >= 15 is 0 Å². The van der Waals surface area contributed by atoms with Crippen molar-refractivity contribution < 1.29 is 9.90 Å². The number of hydrogen-bond acceptors (Lipinski definition) is 3. The summed E-state index contributed by atoms with van der Waals surface area (Å²) in [6, 6.07) is -0.762. The molecule has 0 radical (unpaired) electrons. The van der Waals surface area contributed by atoms with Crippen LogP contribution in [0.2, 0.25) is 0 Å². The third-order valence-electron chi connectivity index (χ3n) is 2.99. The Bertz CT molecular complexity index is 507. The Morgan fingerprint density at radius 2 is 2.12 bits per heavy atom. The van der Waals surface area contributed by atoms with Gasteiger partial charge in [-0.05, 0) is 33.6 Å². The monoisotopic (exact) mass is 239 g/mol. The Balaban J connectivity index is 2.60. The van der Waals surface area contributed by atoms with Gasteiger partial charge in [-0.1, -0.05) is 0 Å². The highest BCUT2D eigenvalue weighted by Gasteiger charge is 2.32. The zero-order valence-corrected chi connectivity index (χ0v) is 10.3. The van der Waals surface area contributed by atoms with Crippen LogP contribution in [-0.4, -0.2) is 25.4 Å². The fourth-order valence-corrected chi connectivity index (χ4v) is 2.16. The molecule has 0 unspecified atom stereocenters. The highest BCUT2D eigenvalue weighted by atomic mass is 16.4. The van der Waals surface area contributed by atoms with Crippen LogP contribution in [0.15, 0.2) is 4.79 Å². The number of carboxylic acids is 1. The smallest absolute Gasteiger partial charge is 0.347 e. The molecule has 0 aromatic carbocycles. The first kappa shape index (κ1) is 11.9. The van der Waals surface area contributed by atoms with E-state index in [0.29, 0.717) is 18.7 Å². The zero-order valence-electron chi connectivity index (χ0n) is 10.3. The molecule has 6 heteroatoms. The molecule has 0 saturated carbocycles. The van der Waals surface area contributed by atoms with E-state index in [-0.39, 0.29) is 5.69 Å². The maximum Gasteiger partial charge on any atom is 0.347 e.